The van der Waals surface area contributed by atoms with Crippen molar-refractivity contribution in [3.8, 4) is 0 Å². The molecule has 1 aromatic heterocycles. The third kappa shape index (κ3) is 5.59. The summed E-state index contributed by atoms with van der Waals surface area (Å²) >= 11 is 0. The molecule has 0 radical (unpaired) electrons. The molecule has 0 aliphatic heterocycles. The molecule has 0 fully saturated rings. The lowest BCUT2D eigenvalue weighted by atomic mass is 10.1. The summed E-state index contributed by atoms with van der Waals surface area (Å²) in [6.07, 6.45) is 2.11. The molecule has 0 aliphatic carbocycles. The van der Waals surface area contributed by atoms with Gasteiger partial charge in [0.2, 0.25) is 0 Å². The number of hydrogen-bond donors (Lipinski definition) is 3. The number of rotatable bonds is 9. The fraction of sp³-hybridized carbons (Fsp3) is 0.600. The Morgan fingerprint density at radius 2 is 2.05 bits per heavy atom. The van der Waals surface area contributed by atoms with Gasteiger partial charge in [0.1, 0.15) is 11.5 Å². The van der Waals surface area contributed by atoms with E-state index in [1.807, 2.05) is 0 Å². The van der Waals surface area contributed by atoms with Gasteiger partial charge >= 0.3 is 0 Å². The molecule has 0 spiro atoms. The minimum atomic E-state index is -0.549. The van der Waals surface area contributed by atoms with Gasteiger partial charge < -0.3 is 21.7 Å². The van der Waals surface area contributed by atoms with Crippen molar-refractivity contribution in [2.45, 2.75) is 39.7 Å². The minimum Gasteiger partial charge on any atom is -0.396 e. The number of nitrogens with zero attached hydrogens (tertiary/aromatic N) is 2. The van der Waals surface area contributed by atoms with Crippen LogP contribution in [0, 0.1) is 0 Å². The summed E-state index contributed by atoms with van der Waals surface area (Å²) in [7, 11) is 0. The van der Waals surface area contributed by atoms with Crippen LogP contribution in [0.2, 0.25) is 0 Å². The minimum absolute atomic E-state index is 0.224. The van der Waals surface area contributed by atoms with E-state index in [9.17, 15) is 4.79 Å². The second kappa shape index (κ2) is 8.46. The van der Waals surface area contributed by atoms with Gasteiger partial charge in [-0.05, 0) is 51.5 Å². The standard InChI is InChI=1S/C15H27N5O/c1-4-20(5-2)10-6-7-11(3)18-15-12(16)8-9-13(19-15)14(17)21/h8-9,11H,4-7,10,16H2,1-3H3,(H2,17,21)(H,18,19). The largest absolute Gasteiger partial charge is 0.396 e. The smallest absolute Gasteiger partial charge is 0.267 e. The predicted molar refractivity (Wildman–Crippen MR) is 87.3 cm³/mol. The van der Waals surface area contributed by atoms with Crippen LogP contribution >= 0.6 is 0 Å². The van der Waals surface area contributed by atoms with Gasteiger partial charge in [0.05, 0.1) is 5.69 Å². The zero-order valence-corrected chi connectivity index (χ0v) is 13.2. The van der Waals surface area contributed by atoms with Crippen LogP contribution in [0.3, 0.4) is 0 Å². The molecule has 1 atom stereocenters. The van der Waals surface area contributed by atoms with Crippen LogP contribution in [0.1, 0.15) is 44.1 Å². The Bertz CT molecular complexity index is 459. The molecule has 6 nitrogen and oxygen atoms in total. The van der Waals surface area contributed by atoms with Gasteiger partial charge in [-0.25, -0.2) is 4.98 Å². The monoisotopic (exact) mass is 293 g/mol. The quantitative estimate of drug-likeness (QED) is 0.643. The maximum atomic E-state index is 11.1. The lowest BCUT2D eigenvalue weighted by molar-refractivity contribution is 0.0995. The van der Waals surface area contributed by atoms with Crippen LogP contribution in [0.4, 0.5) is 11.5 Å². The molecule has 0 aliphatic rings. The van der Waals surface area contributed by atoms with Gasteiger partial charge in [-0.2, -0.15) is 0 Å². The van der Waals surface area contributed by atoms with Crippen molar-refractivity contribution in [3.05, 3.63) is 17.8 Å². The summed E-state index contributed by atoms with van der Waals surface area (Å²) in [6.45, 7) is 9.67. The van der Waals surface area contributed by atoms with Crippen LogP contribution in [-0.4, -0.2) is 41.5 Å². The molecule has 1 rings (SSSR count). The Hall–Kier alpha value is -1.82. The maximum Gasteiger partial charge on any atom is 0.267 e. The maximum absolute atomic E-state index is 11.1. The summed E-state index contributed by atoms with van der Waals surface area (Å²) in [5.74, 6) is -0.0196. The number of carbonyl (C=O) groups is 1. The Kier molecular flexibility index (Phi) is 6.94. The molecule has 5 N–H and O–H groups in total. The number of nitrogens with two attached hydrogens (primary N) is 2. The van der Waals surface area contributed by atoms with Crippen LogP contribution in [-0.2, 0) is 0 Å². The first kappa shape index (κ1) is 17.2. The predicted octanol–water partition coefficient (Wildman–Crippen LogP) is 1.69. The lowest BCUT2D eigenvalue weighted by Crippen LogP contribution is -2.26. The Labute approximate surface area is 126 Å². The van der Waals surface area contributed by atoms with E-state index in [1.54, 1.807) is 6.07 Å². The molecular weight excluding hydrogens is 266 g/mol. The zero-order valence-electron chi connectivity index (χ0n) is 13.2. The SMILES string of the molecule is CCN(CC)CCCC(C)Nc1nc(C(N)=O)ccc1N. The number of aromatic nitrogens is 1. The summed E-state index contributed by atoms with van der Waals surface area (Å²) in [5.41, 5.74) is 11.9. The van der Waals surface area contributed by atoms with Gasteiger partial charge in [0.25, 0.3) is 5.91 Å². The highest BCUT2D eigenvalue weighted by Crippen LogP contribution is 2.17. The van der Waals surface area contributed by atoms with Crippen molar-refractivity contribution >= 4 is 17.4 Å². The first-order valence-electron chi connectivity index (χ1n) is 7.53. The average Bonchev–Trinajstić information content (AvgIpc) is 2.45. The van der Waals surface area contributed by atoms with Gasteiger partial charge in [-0.3, -0.25) is 4.79 Å². The number of nitrogens with one attached hydrogen (secondary N) is 1. The number of pyridine rings is 1. The summed E-state index contributed by atoms with van der Waals surface area (Å²) in [5, 5.41) is 3.25. The van der Waals surface area contributed by atoms with E-state index in [0.29, 0.717) is 11.5 Å². The molecule has 1 unspecified atom stereocenters. The van der Waals surface area contributed by atoms with Crippen molar-refractivity contribution in [1.29, 1.82) is 0 Å². The molecule has 1 amide bonds. The molecule has 118 valence electrons. The average molecular weight is 293 g/mol. The molecular formula is C15H27N5O. The number of amides is 1. The normalized spacial score (nSPS) is 12.4. The molecule has 0 bridgehead atoms. The fourth-order valence-corrected chi connectivity index (χ4v) is 2.19. The van der Waals surface area contributed by atoms with Crippen LogP contribution < -0.4 is 16.8 Å². The van der Waals surface area contributed by atoms with Crippen molar-refractivity contribution in [3.63, 3.8) is 0 Å². The van der Waals surface area contributed by atoms with Gasteiger partial charge in [0, 0.05) is 6.04 Å². The van der Waals surface area contributed by atoms with Crippen molar-refractivity contribution < 1.29 is 4.79 Å². The van der Waals surface area contributed by atoms with Crippen LogP contribution in [0.5, 0.6) is 0 Å². The van der Waals surface area contributed by atoms with E-state index in [0.717, 1.165) is 32.5 Å². The van der Waals surface area contributed by atoms with E-state index in [-0.39, 0.29) is 11.7 Å². The first-order chi connectivity index (χ1) is 9.97. The summed E-state index contributed by atoms with van der Waals surface area (Å²) < 4.78 is 0. The molecule has 1 heterocycles. The fourth-order valence-electron chi connectivity index (χ4n) is 2.19. The van der Waals surface area contributed by atoms with E-state index in [1.165, 1.54) is 6.07 Å². The third-order valence-electron chi connectivity index (χ3n) is 3.57. The summed E-state index contributed by atoms with van der Waals surface area (Å²) in [6, 6.07) is 3.42. The highest BCUT2D eigenvalue weighted by molar-refractivity contribution is 5.91. The van der Waals surface area contributed by atoms with Crippen LogP contribution in [0.25, 0.3) is 0 Å². The Morgan fingerprint density at radius 3 is 2.62 bits per heavy atom. The number of primary amides is 1. The van der Waals surface area contributed by atoms with Crippen molar-refractivity contribution in [2.75, 3.05) is 30.7 Å². The topological polar surface area (TPSA) is 97.3 Å². The zero-order chi connectivity index (χ0) is 15.8. The van der Waals surface area contributed by atoms with E-state index >= 15 is 0 Å². The van der Waals surface area contributed by atoms with Gasteiger partial charge in [0.15, 0.2) is 0 Å². The Morgan fingerprint density at radius 1 is 1.38 bits per heavy atom. The molecule has 21 heavy (non-hydrogen) atoms. The molecule has 1 aromatic rings. The lowest BCUT2D eigenvalue weighted by Gasteiger charge is -2.20. The number of hydrogen-bond acceptors (Lipinski definition) is 5. The van der Waals surface area contributed by atoms with E-state index < -0.39 is 5.91 Å². The second-order valence-electron chi connectivity index (χ2n) is 5.21. The number of carbonyl (C=O) groups excluding carboxylic acids is 1. The molecule has 0 saturated carbocycles. The highest BCUT2D eigenvalue weighted by Gasteiger charge is 2.10. The summed E-state index contributed by atoms with van der Waals surface area (Å²) in [4.78, 5) is 17.7. The number of anilines is 2. The second-order valence-corrected chi connectivity index (χ2v) is 5.21. The first-order valence-corrected chi connectivity index (χ1v) is 7.53. The van der Waals surface area contributed by atoms with Crippen LogP contribution in [0.15, 0.2) is 12.1 Å². The molecule has 6 heteroatoms. The van der Waals surface area contributed by atoms with E-state index in [4.69, 9.17) is 11.5 Å². The molecule has 0 saturated heterocycles. The van der Waals surface area contributed by atoms with Gasteiger partial charge in [-0.15, -0.1) is 0 Å². The number of nitrogen functional groups attached to an aromatic ring is 1. The highest BCUT2D eigenvalue weighted by atomic mass is 16.1. The third-order valence-corrected chi connectivity index (χ3v) is 3.57. The Balaban J connectivity index is 2.52. The van der Waals surface area contributed by atoms with Crippen molar-refractivity contribution in [2.24, 2.45) is 5.73 Å². The van der Waals surface area contributed by atoms with E-state index in [2.05, 4.69) is 36.0 Å². The van der Waals surface area contributed by atoms with Crippen molar-refractivity contribution in [1.82, 2.24) is 9.88 Å². The molecule has 0 aromatic carbocycles. The van der Waals surface area contributed by atoms with Gasteiger partial charge in [-0.1, -0.05) is 13.8 Å².